The van der Waals surface area contributed by atoms with Crippen LogP contribution in [0.3, 0.4) is 0 Å². The van der Waals surface area contributed by atoms with Crippen LogP contribution < -0.4 is 0 Å². The summed E-state index contributed by atoms with van der Waals surface area (Å²) in [4.78, 5) is 9.69. The van der Waals surface area contributed by atoms with Gasteiger partial charge in [0, 0.05) is 10.5 Å². The number of phenolic OH excluding ortho intramolecular Hbond substituents is 1. The highest BCUT2D eigenvalue weighted by molar-refractivity contribution is 9.10. The van der Waals surface area contributed by atoms with Gasteiger partial charge in [0.2, 0.25) is 5.75 Å². The molecule has 0 aliphatic rings. The summed E-state index contributed by atoms with van der Waals surface area (Å²) in [7, 11) is 0. The molecule has 0 saturated heterocycles. The van der Waals surface area contributed by atoms with Gasteiger partial charge in [-0.05, 0) is 6.07 Å². The lowest BCUT2D eigenvalue weighted by atomic mass is 10.3. The molecular weight excluding hydrogens is 233 g/mol. The zero-order valence-corrected chi connectivity index (χ0v) is 7.25. The maximum atomic E-state index is 12.6. The van der Waals surface area contributed by atoms with E-state index in [0.29, 0.717) is 0 Å². The first kappa shape index (κ1) is 8.92. The Morgan fingerprint density at radius 3 is 2.58 bits per heavy atom. The van der Waals surface area contributed by atoms with Crippen LogP contribution in [-0.4, -0.2) is 15.2 Å². The fraction of sp³-hybridized carbons (Fsp3) is 0. The van der Waals surface area contributed by atoms with Crippen molar-refractivity contribution in [2.75, 3.05) is 0 Å². The Hall–Kier alpha value is -1.17. The predicted octanol–water partition coefficient (Wildman–Crippen LogP) is 2.09. The molecule has 0 aromatic heterocycles. The summed E-state index contributed by atoms with van der Waals surface area (Å²) in [5, 5.41) is 17.3. The van der Waals surface area contributed by atoms with E-state index in [9.17, 15) is 9.30 Å². The second kappa shape index (κ2) is 3.06. The van der Waals surface area contributed by atoms with Gasteiger partial charge in [-0.3, -0.25) is 0 Å². The normalized spacial score (nSPS) is 9.83. The summed E-state index contributed by atoms with van der Waals surface area (Å²) in [6.45, 7) is 0. The Balaban J connectivity index is 3.37. The molecule has 2 N–H and O–H groups in total. The molecule has 0 saturated carbocycles. The van der Waals surface area contributed by atoms with Gasteiger partial charge in [-0.1, -0.05) is 15.9 Å². The molecule has 0 fully saturated rings. The molecule has 0 radical (unpaired) electrons. The zero-order valence-electron chi connectivity index (χ0n) is 5.66. The summed E-state index contributed by atoms with van der Waals surface area (Å²) < 4.78 is 12.9. The third-order valence-electron chi connectivity index (χ3n) is 1.21. The average Bonchev–Trinajstić information content (AvgIpc) is 1.96. The van der Waals surface area contributed by atoms with E-state index < -0.39 is 22.2 Å². The summed E-state index contributed by atoms with van der Waals surface area (Å²) in [6.07, 6.45) is 0. The minimum absolute atomic E-state index is 0.253. The molecule has 0 aliphatic carbocycles. The maximum absolute atomic E-state index is 12.6. The van der Waals surface area contributed by atoms with Crippen LogP contribution in [0.5, 0.6) is 5.75 Å². The van der Waals surface area contributed by atoms with Crippen LogP contribution >= 0.6 is 15.9 Å². The minimum atomic E-state index is -0.978. The van der Waals surface area contributed by atoms with Gasteiger partial charge in [0.1, 0.15) is 0 Å². The van der Waals surface area contributed by atoms with Crippen LogP contribution in [0.4, 0.5) is 10.1 Å². The smallest absolute Gasteiger partial charge is 0.361 e. The van der Waals surface area contributed by atoms with Gasteiger partial charge in [-0.25, -0.2) is 9.60 Å². The van der Waals surface area contributed by atoms with E-state index in [1.807, 2.05) is 0 Å². The summed E-state index contributed by atoms with van der Waals surface area (Å²) in [6, 6.07) is 2.06. The van der Waals surface area contributed by atoms with E-state index in [1.54, 1.807) is 0 Å². The third kappa shape index (κ3) is 1.53. The number of halogens is 2. The molecule has 0 aliphatic heterocycles. The van der Waals surface area contributed by atoms with E-state index in [4.69, 9.17) is 10.3 Å². The highest BCUT2D eigenvalue weighted by atomic mass is 79.9. The number of nitrogens with zero attached hydrogens (tertiary/aromatic N) is 1. The first-order valence-corrected chi connectivity index (χ1v) is 3.66. The van der Waals surface area contributed by atoms with Crippen LogP contribution in [-0.2, 0) is 0 Å². The van der Waals surface area contributed by atoms with Gasteiger partial charge in [0.05, 0.1) is 4.91 Å². The molecule has 4 nitrogen and oxygen atoms in total. The summed E-state index contributed by atoms with van der Waals surface area (Å²) in [5.41, 5.74) is -0.540. The van der Waals surface area contributed by atoms with Gasteiger partial charge in [0.15, 0.2) is 5.82 Å². The van der Waals surface area contributed by atoms with E-state index in [2.05, 4.69) is 15.9 Å². The van der Waals surface area contributed by atoms with Crippen molar-refractivity contribution in [3.63, 3.8) is 0 Å². The predicted molar refractivity (Wildman–Crippen MR) is 40.8 cm³/mol. The number of rotatable bonds is 1. The van der Waals surface area contributed by atoms with E-state index in [-0.39, 0.29) is 4.47 Å². The number of hydrogen-bond donors (Lipinski definition) is 2. The molecule has 0 amide bonds. The lowest BCUT2D eigenvalue weighted by Gasteiger charge is -1.94. The Morgan fingerprint density at radius 2 is 2.08 bits per heavy atom. The molecule has 0 atom stereocenters. The molecular formula is C6H4BrFNO3+. The van der Waals surface area contributed by atoms with Gasteiger partial charge < -0.3 is 5.11 Å². The first-order valence-electron chi connectivity index (χ1n) is 2.86. The van der Waals surface area contributed by atoms with Crippen LogP contribution in [0.25, 0.3) is 0 Å². The summed E-state index contributed by atoms with van der Waals surface area (Å²) >= 11 is 2.89. The molecule has 0 heterocycles. The van der Waals surface area contributed by atoms with Crippen LogP contribution in [0.2, 0.25) is 0 Å². The molecule has 64 valence electrons. The highest BCUT2D eigenvalue weighted by Gasteiger charge is 2.22. The fourth-order valence-corrected chi connectivity index (χ4v) is 1.12. The van der Waals surface area contributed by atoms with Crippen molar-refractivity contribution >= 4 is 21.6 Å². The van der Waals surface area contributed by atoms with Gasteiger partial charge in [-0.15, -0.1) is 0 Å². The molecule has 12 heavy (non-hydrogen) atoms. The lowest BCUT2D eigenvalue weighted by Crippen LogP contribution is -1.93. The second-order valence-electron chi connectivity index (χ2n) is 2.03. The van der Waals surface area contributed by atoms with E-state index in [1.165, 1.54) is 0 Å². The quantitative estimate of drug-likeness (QED) is 0.735. The Labute approximate surface area is 74.9 Å². The number of benzene rings is 1. The SMILES string of the molecule is O=[N+](O)c1cc(Br)cc(F)c1O. The zero-order chi connectivity index (χ0) is 9.30. The van der Waals surface area contributed by atoms with Gasteiger partial charge >= 0.3 is 5.69 Å². The Bertz CT molecular complexity index is 342. The van der Waals surface area contributed by atoms with Crippen molar-refractivity contribution in [3.8, 4) is 5.75 Å². The standard InChI is InChI=1S/C6H3BrFNO3/c7-3-1-4(8)6(10)5(2-3)9(11)12/h1-2H,(H-,10,11,12)/p+1. The molecule has 1 aromatic rings. The Kier molecular flexibility index (Phi) is 2.27. The Morgan fingerprint density at radius 1 is 1.50 bits per heavy atom. The van der Waals surface area contributed by atoms with Gasteiger partial charge in [-0.2, -0.15) is 0 Å². The number of aromatic hydroxyl groups is 1. The fourth-order valence-electron chi connectivity index (χ4n) is 0.698. The largest absolute Gasteiger partial charge is 0.500 e. The van der Waals surface area contributed by atoms with Gasteiger partial charge in [0.25, 0.3) is 4.92 Å². The van der Waals surface area contributed by atoms with Crippen LogP contribution in [0.15, 0.2) is 16.6 Å². The van der Waals surface area contributed by atoms with Crippen LogP contribution in [0.1, 0.15) is 0 Å². The highest BCUT2D eigenvalue weighted by Crippen LogP contribution is 2.31. The van der Waals surface area contributed by atoms with E-state index in [0.717, 1.165) is 12.1 Å². The number of phenols is 1. The first-order chi connectivity index (χ1) is 5.52. The molecule has 0 bridgehead atoms. The van der Waals surface area contributed by atoms with Crippen LogP contribution in [0, 0.1) is 10.7 Å². The lowest BCUT2D eigenvalue weighted by molar-refractivity contribution is -0.730. The van der Waals surface area contributed by atoms with Crippen molar-refractivity contribution in [1.29, 1.82) is 0 Å². The number of hydrogen-bond acceptors (Lipinski definition) is 2. The molecule has 1 aromatic carbocycles. The molecule has 6 heteroatoms. The molecule has 0 spiro atoms. The van der Waals surface area contributed by atoms with Crippen molar-refractivity contribution < 1.29 is 19.6 Å². The minimum Gasteiger partial charge on any atom is -0.500 e. The second-order valence-corrected chi connectivity index (χ2v) is 2.94. The van der Waals surface area contributed by atoms with E-state index >= 15 is 0 Å². The van der Waals surface area contributed by atoms with Crippen molar-refractivity contribution in [2.24, 2.45) is 0 Å². The van der Waals surface area contributed by atoms with Crippen molar-refractivity contribution in [1.82, 2.24) is 0 Å². The third-order valence-corrected chi connectivity index (χ3v) is 1.67. The van der Waals surface area contributed by atoms with Crippen molar-refractivity contribution in [2.45, 2.75) is 0 Å². The average molecular weight is 237 g/mol. The maximum Gasteiger partial charge on any atom is 0.361 e. The molecule has 0 unspecified atom stereocenters. The molecule has 1 rings (SSSR count). The topological polar surface area (TPSA) is 60.5 Å². The van der Waals surface area contributed by atoms with Crippen molar-refractivity contribution in [3.05, 3.63) is 27.3 Å². The monoisotopic (exact) mass is 236 g/mol. The summed E-state index contributed by atoms with van der Waals surface area (Å²) in [5.74, 6) is -1.86.